The van der Waals surface area contributed by atoms with E-state index < -0.39 is 15.5 Å². The predicted octanol–water partition coefficient (Wildman–Crippen LogP) is 5.32. The summed E-state index contributed by atoms with van der Waals surface area (Å²) >= 11 is 0. The van der Waals surface area contributed by atoms with Crippen molar-refractivity contribution in [1.29, 1.82) is 0 Å². The van der Waals surface area contributed by atoms with E-state index in [2.05, 4.69) is 12.1 Å². The molecule has 7 heteroatoms. The second kappa shape index (κ2) is 10.2. The highest BCUT2D eigenvalue weighted by atomic mass is 32.2. The van der Waals surface area contributed by atoms with E-state index in [0.717, 1.165) is 24.8 Å². The van der Waals surface area contributed by atoms with Gasteiger partial charge in [0.1, 0.15) is 17.3 Å². The average Bonchev–Trinajstić information content (AvgIpc) is 2.64. The summed E-state index contributed by atoms with van der Waals surface area (Å²) in [6.07, 6.45) is 4.01. The van der Waals surface area contributed by atoms with Crippen molar-refractivity contribution in [3.63, 3.8) is 0 Å². The Morgan fingerprint density at radius 3 is 2.37 bits per heavy atom. The summed E-state index contributed by atoms with van der Waals surface area (Å²) in [7, 11) is -4.07. The molecular weight excluding hydrogens is 402 g/mol. The Bertz CT molecular complexity index is 911. The zero-order valence-corrected chi connectivity index (χ0v) is 19.5. The number of carbonyl (C=O) groups is 1. The minimum absolute atomic E-state index is 0.0602. The van der Waals surface area contributed by atoms with Gasteiger partial charge in [0.15, 0.2) is 5.78 Å². The van der Waals surface area contributed by atoms with Crippen molar-refractivity contribution in [2.75, 3.05) is 6.61 Å². The van der Waals surface area contributed by atoms with E-state index in [0.29, 0.717) is 31.6 Å². The fourth-order valence-electron chi connectivity index (χ4n) is 3.44. The monoisotopic (exact) mass is 435 g/mol. The van der Waals surface area contributed by atoms with Gasteiger partial charge in [-0.25, -0.2) is 0 Å². The average molecular weight is 436 g/mol. The highest BCUT2D eigenvalue weighted by Crippen LogP contribution is 2.39. The number of Topliss-reactive ketones (excluding diaryl/α,β-unsaturated/α-hetero) is 1. The largest absolute Gasteiger partial charge is 0.396 e. The summed E-state index contributed by atoms with van der Waals surface area (Å²) in [6, 6.07) is 6.46. The summed E-state index contributed by atoms with van der Waals surface area (Å²) in [6.45, 7) is 10.0. The van der Waals surface area contributed by atoms with Crippen LogP contribution in [0.15, 0.2) is 45.6 Å². The normalized spacial score (nSPS) is 17.2. The summed E-state index contributed by atoms with van der Waals surface area (Å²) in [5.74, 6) is 0.00193. The number of benzene rings is 1. The molecule has 0 heterocycles. The molecule has 0 N–H and O–H groups in total. The van der Waals surface area contributed by atoms with E-state index in [9.17, 15) is 13.2 Å². The lowest BCUT2D eigenvalue weighted by Crippen LogP contribution is -2.31. The van der Waals surface area contributed by atoms with E-state index in [-0.39, 0.29) is 22.0 Å². The van der Waals surface area contributed by atoms with Gasteiger partial charge in [0, 0.05) is 12.8 Å². The van der Waals surface area contributed by atoms with Gasteiger partial charge in [-0.2, -0.15) is 8.42 Å². The fraction of sp³-hybridized carbons (Fsp3) is 0.565. The summed E-state index contributed by atoms with van der Waals surface area (Å²) in [5, 5.41) is 4.16. The molecule has 166 valence electrons. The molecule has 0 atom stereocenters. The third-order valence-corrected chi connectivity index (χ3v) is 6.24. The van der Waals surface area contributed by atoms with Crippen molar-refractivity contribution in [3.8, 4) is 0 Å². The lowest BCUT2D eigenvalue weighted by Gasteiger charge is -2.31. The van der Waals surface area contributed by atoms with Gasteiger partial charge >= 0.3 is 10.1 Å². The van der Waals surface area contributed by atoms with Gasteiger partial charge in [0.05, 0.1) is 11.3 Å². The summed E-state index contributed by atoms with van der Waals surface area (Å²) in [5.41, 5.74) is 1.28. The van der Waals surface area contributed by atoms with E-state index in [1.807, 2.05) is 27.7 Å². The van der Waals surface area contributed by atoms with E-state index >= 15 is 0 Å². The minimum Gasteiger partial charge on any atom is -0.396 e. The molecule has 0 radical (unpaired) electrons. The molecule has 0 amide bonds. The molecule has 30 heavy (non-hydrogen) atoms. The van der Waals surface area contributed by atoms with Gasteiger partial charge < -0.3 is 9.02 Å². The number of hydrogen-bond acceptors (Lipinski definition) is 6. The van der Waals surface area contributed by atoms with Crippen LogP contribution in [-0.2, 0) is 23.9 Å². The first-order chi connectivity index (χ1) is 14.1. The molecule has 1 aromatic rings. The summed E-state index contributed by atoms with van der Waals surface area (Å²) in [4.78, 5) is 18.4. The van der Waals surface area contributed by atoms with Crippen molar-refractivity contribution in [2.45, 2.75) is 78.0 Å². The fourth-order valence-corrected chi connectivity index (χ4v) is 4.42. The number of nitrogens with zero attached hydrogens (tertiary/aromatic N) is 1. The van der Waals surface area contributed by atoms with Gasteiger partial charge in [0.25, 0.3) is 0 Å². The maximum Gasteiger partial charge on any atom is 0.338 e. The SMILES string of the molecule is CCCCCC(=NOCC)C1=C(OS(=O)(=O)c2ccc(C)cc2)CC(C)(C)CC1=O. The van der Waals surface area contributed by atoms with Gasteiger partial charge in [-0.3, -0.25) is 4.79 Å². The third-order valence-electron chi connectivity index (χ3n) is 4.97. The van der Waals surface area contributed by atoms with Gasteiger partial charge in [-0.1, -0.05) is 56.5 Å². The number of allylic oxidation sites excluding steroid dienone is 2. The molecule has 6 nitrogen and oxygen atoms in total. The molecule has 0 unspecified atom stereocenters. The van der Waals surface area contributed by atoms with Crippen molar-refractivity contribution in [2.24, 2.45) is 10.6 Å². The van der Waals surface area contributed by atoms with Crippen LogP contribution in [0.2, 0.25) is 0 Å². The maximum absolute atomic E-state index is 13.1. The molecule has 0 aromatic heterocycles. The Hall–Kier alpha value is -2.15. The highest BCUT2D eigenvalue weighted by Gasteiger charge is 2.38. The number of oxime groups is 1. The van der Waals surface area contributed by atoms with Crippen LogP contribution < -0.4 is 0 Å². The second-order valence-corrected chi connectivity index (χ2v) is 10.0. The molecule has 0 spiro atoms. The molecular formula is C23H33NO5S. The van der Waals surface area contributed by atoms with Crippen molar-refractivity contribution >= 4 is 21.6 Å². The number of unbranched alkanes of at least 4 members (excludes halogenated alkanes) is 2. The first-order valence-electron chi connectivity index (χ1n) is 10.6. The van der Waals surface area contributed by atoms with Crippen LogP contribution in [0.5, 0.6) is 0 Å². The number of ketones is 1. The van der Waals surface area contributed by atoms with E-state index in [1.165, 1.54) is 12.1 Å². The number of hydrogen-bond donors (Lipinski definition) is 0. The molecule has 0 aliphatic heterocycles. The second-order valence-electron chi connectivity index (χ2n) is 8.50. The van der Waals surface area contributed by atoms with Crippen LogP contribution in [0, 0.1) is 12.3 Å². The number of aryl methyl sites for hydroxylation is 1. The van der Waals surface area contributed by atoms with Crippen molar-refractivity contribution in [3.05, 3.63) is 41.2 Å². The van der Waals surface area contributed by atoms with Gasteiger partial charge in [0.2, 0.25) is 0 Å². The van der Waals surface area contributed by atoms with Crippen LogP contribution in [0.3, 0.4) is 0 Å². The first kappa shape index (κ1) is 24.1. The van der Waals surface area contributed by atoms with Crippen LogP contribution >= 0.6 is 0 Å². The van der Waals surface area contributed by atoms with Crippen LogP contribution in [0.1, 0.15) is 71.8 Å². The molecule has 1 aromatic carbocycles. The highest BCUT2D eigenvalue weighted by molar-refractivity contribution is 7.86. The predicted molar refractivity (Wildman–Crippen MR) is 118 cm³/mol. The molecule has 1 aliphatic rings. The lowest BCUT2D eigenvalue weighted by atomic mass is 9.75. The van der Waals surface area contributed by atoms with Gasteiger partial charge in [-0.15, -0.1) is 0 Å². The Morgan fingerprint density at radius 2 is 1.77 bits per heavy atom. The molecule has 2 rings (SSSR count). The quantitative estimate of drug-likeness (QED) is 0.215. The minimum atomic E-state index is -4.07. The maximum atomic E-state index is 13.1. The molecule has 0 bridgehead atoms. The Balaban J connectivity index is 2.50. The van der Waals surface area contributed by atoms with Crippen LogP contribution in [0.25, 0.3) is 0 Å². The van der Waals surface area contributed by atoms with Crippen LogP contribution in [0.4, 0.5) is 0 Å². The molecule has 0 saturated heterocycles. The van der Waals surface area contributed by atoms with Crippen molar-refractivity contribution in [1.82, 2.24) is 0 Å². The Kier molecular flexibility index (Phi) is 8.24. The Labute approximate surface area is 180 Å². The number of rotatable bonds is 10. The van der Waals surface area contributed by atoms with E-state index in [4.69, 9.17) is 9.02 Å². The Morgan fingerprint density at radius 1 is 1.10 bits per heavy atom. The van der Waals surface area contributed by atoms with Crippen molar-refractivity contribution < 1.29 is 22.2 Å². The zero-order chi connectivity index (χ0) is 22.4. The number of carbonyl (C=O) groups excluding carboxylic acids is 1. The van der Waals surface area contributed by atoms with E-state index in [1.54, 1.807) is 12.1 Å². The topological polar surface area (TPSA) is 82.0 Å². The standard InChI is InChI=1S/C23H33NO5S/c1-6-8-9-10-19(24-28-7-2)22-20(25)15-23(4,5)16-21(22)29-30(26,27)18-13-11-17(3)12-14-18/h11-14H,6-10,15-16H2,1-5H3. The zero-order valence-electron chi connectivity index (χ0n) is 18.7. The first-order valence-corrected chi connectivity index (χ1v) is 12.0. The molecule has 0 saturated carbocycles. The summed E-state index contributed by atoms with van der Waals surface area (Å²) < 4.78 is 31.5. The molecule has 1 aliphatic carbocycles. The smallest absolute Gasteiger partial charge is 0.338 e. The lowest BCUT2D eigenvalue weighted by molar-refractivity contribution is -0.117. The van der Waals surface area contributed by atoms with Gasteiger partial charge in [-0.05, 0) is 44.2 Å². The van der Waals surface area contributed by atoms with Crippen LogP contribution in [-0.4, -0.2) is 26.5 Å². The molecule has 0 fully saturated rings. The third kappa shape index (κ3) is 6.42.